The molecule has 0 unspecified atom stereocenters. The van der Waals surface area contributed by atoms with Gasteiger partial charge < -0.3 is 11.0 Å². The van der Waals surface area contributed by atoms with E-state index in [-0.39, 0.29) is 10.6 Å². The zero-order chi connectivity index (χ0) is 10.9. The van der Waals surface area contributed by atoms with Crippen molar-refractivity contribution in [2.45, 2.75) is 11.8 Å². The van der Waals surface area contributed by atoms with E-state index in [9.17, 15) is 8.42 Å². The van der Waals surface area contributed by atoms with Gasteiger partial charge in [0.2, 0.25) is 7.98 Å². The number of anilines is 2. The maximum absolute atomic E-state index is 10.8. The first kappa shape index (κ1) is 10.9. The number of rotatable bonds is 2. The predicted octanol–water partition coefficient (Wildman–Crippen LogP) is 0.319. The summed E-state index contributed by atoms with van der Waals surface area (Å²) < 4.78 is 30.5. The third kappa shape index (κ3) is 1.99. The van der Waals surface area contributed by atoms with Gasteiger partial charge in [0.15, 0.2) is 0 Å². The number of nitrogens with one attached hydrogen (secondary N) is 1. The van der Waals surface area contributed by atoms with Crippen molar-refractivity contribution in [2.24, 2.45) is 0 Å². The topological polar surface area (TPSA) is 92.4 Å². The van der Waals surface area contributed by atoms with Crippen LogP contribution >= 0.6 is 0 Å². The smallest absolute Gasteiger partial charge is 0.296 e. The lowest BCUT2D eigenvalue weighted by Gasteiger charge is -2.09. The average Bonchev–Trinajstić information content (AvgIpc) is 2.06. The van der Waals surface area contributed by atoms with Crippen LogP contribution in [-0.4, -0.2) is 21.0 Å². The Morgan fingerprint density at radius 2 is 2.07 bits per heavy atom. The molecule has 0 aliphatic heterocycles. The molecule has 1 aromatic carbocycles. The summed E-state index contributed by atoms with van der Waals surface area (Å²) in [5.41, 5.74) is 6.45. The molecule has 0 spiro atoms. The van der Waals surface area contributed by atoms with Crippen LogP contribution in [0.15, 0.2) is 17.0 Å². The van der Waals surface area contributed by atoms with E-state index in [1.54, 1.807) is 6.92 Å². The fourth-order valence-electron chi connectivity index (χ4n) is 1.08. The van der Waals surface area contributed by atoms with Gasteiger partial charge in [-0.2, -0.15) is 8.42 Å². The van der Waals surface area contributed by atoms with Crippen LogP contribution in [0.4, 0.5) is 11.4 Å². The number of nitrogens with two attached hydrogens (primary N) is 1. The molecule has 14 heavy (non-hydrogen) atoms. The van der Waals surface area contributed by atoms with E-state index in [2.05, 4.69) is 5.23 Å². The molecule has 0 atom stereocenters. The van der Waals surface area contributed by atoms with Crippen molar-refractivity contribution in [1.82, 2.24) is 0 Å². The third-order valence-corrected chi connectivity index (χ3v) is 2.70. The van der Waals surface area contributed by atoms with E-state index in [1.807, 2.05) is 0 Å². The average molecular weight is 212 g/mol. The van der Waals surface area contributed by atoms with Crippen LogP contribution in [0.2, 0.25) is 0 Å². The van der Waals surface area contributed by atoms with Gasteiger partial charge in [0.25, 0.3) is 10.1 Å². The molecule has 1 rings (SSSR count). The van der Waals surface area contributed by atoms with Gasteiger partial charge in [-0.15, -0.1) is 0 Å². The van der Waals surface area contributed by atoms with Crippen LogP contribution in [-0.2, 0) is 10.1 Å². The summed E-state index contributed by atoms with van der Waals surface area (Å²) in [5, 5.41) is 2.36. The molecule has 1 aromatic rings. The van der Waals surface area contributed by atoms with E-state index in [1.165, 1.54) is 12.1 Å². The fourth-order valence-corrected chi connectivity index (χ4v) is 1.76. The van der Waals surface area contributed by atoms with E-state index in [4.69, 9.17) is 18.3 Å². The second kappa shape index (κ2) is 3.51. The molecule has 0 aliphatic rings. The maximum atomic E-state index is 10.8. The van der Waals surface area contributed by atoms with Crippen molar-refractivity contribution in [3.8, 4) is 0 Å². The molecular weight excluding hydrogens is 203 g/mol. The molecule has 0 heterocycles. The first-order valence-corrected chi connectivity index (χ1v) is 5.14. The fraction of sp³-hybridized carbons (Fsp3) is 0.143. The summed E-state index contributed by atoms with van der Waals surface area (Å²) >= 11 is 0. The van der Waals surface area contributed by atoms with Gasteiger partial charge in [0.1, 0.15) is 4.90 Å². The van der Waals surface area contributed by atoms with Gasteiger partial charge in [0.05, 0.1) is 5.69 Å². The Morgan fingerprint density at radius 3 is 2.50 bits per heavy atom. The Morgan fingerprint density at radius 1 is 1.50 bits per heavy atom. The highest BCUT2D eigenvalue weighted by Gasteiger charge is 2.15. The maximum Gasteiger partial charge on any atom is 0.296 e. The molecule has 5 nitrogen and oxygen atoms in total. The standard InChI is InChI=1S/C7H9BN2O3S/c1-4-2-7(14(11,12)13)5(9)3-6(4)10-8/h2-3,10H,9H2,1H3,(H,11,12,13). The first-order valence-electron chi connectivity index (χ1n) is 3.70. The van der Waals surface area contributed by atoms with E-state index < -0.39 is 10.1 Å². The van der Waals surface area contributed by atoms with Crippen LogP contribution in [0.3, 0.4) is 0 Å². The van der Waals surface area contributed by atoms with E-state index in [0.717, 1.165) is 0 Å². The summed E-state index contributed by atoms with van der Waals surface area (Å²) in [6.45, 7) is 1.64. The van der Waals surface area contributed by atoms with Gasteiger partial charge in [-0.3, -0.25) is 4.55 Å². The molecule has 0 aliphatic carbocycles. The van der Waals surface area contributed by atoms with Crippen molar-refractivity contribution in [3.05, 3.63) is 17.7 Å². The minimum absolute atomic E-state index is 0.0500. The molecule has 0 fully saturated rings. The van der Waals surface area contributed by atoms with Crippen molar-refractivity contribution >= 4 is 29.5 Å². The Labute approximate surface area is 83.5 Å². The molecule has 0 saturated heterocycles. The Bertz CT molecular complexity index is 458. The van der Waals surface area contributed by atoms with Crippen molar-refractivity contribution in [3.63, 3.8) is 0 Å². The summed E-state index contributed by atoms with van der Waals surface area (Å²) in [6, 6.07) is 2.60. The van der Waals surface area contributed by atoms with E-state index in [0.29, 0.717) is 11.3 Å². The van der Waals surface area contributed by atoms with Gasteiger partial charge >= 0.3 is 0 Å². The normalized spacial score (nSPS) is 11.3. The van der Waals surface area contributed by atoms with Gasteiger partial charge in [-0.05, 0) is 24.6 Å². The number of benzene rings is 1. The highest BCUT2D eigenvalue weighted by molar-refractivity contribution is 7.86. The molecule has 0 saturated carbocycles. The van der Waals surface area contributed by atoms with E-state index >= 15 is 0 Å². The van der Waals surface area contributed by atoms with Crippen LogP contribution in [0, 0.1) is 6.92 Å². The lowest BCUT2D eigenvalue weighted by atomic mass is 10.1. The lowest BCUT2D eigenvalue weighted by Crippen LogP contribution is -2.05. The summed E-state index contributed by atoms with van der Waals surface area (Å²) in [4.78, 5) is -0.311. The molecule has 0 bridgehead atoms. The summed E-state index contributed by atoms with van der Waals surface area (Å²) in [7, 11) is 0.887. The van der Waals surface area contributed by atoms with Crippen LogP contribution < -0.4 is 11.0 Å². The predicted molar refractivity (Wildman–Crippen MR) is 54.8 cm³/mol. The second-order valence-corrected chi connectivity index (χ2v) is 4.21. The van der Waals surface area contributed by atoms with Crippen molar-refractivity contribution in [1.29, 1.82) is 0 Å². The minimum Gasteiger partial charge on any atom is -0.437 e. The summed E-state index contributed by atoms with van der Waals surface area (Å²) in [6.07, 6.45) is 0. The molecule has 0 amide bonds. The number of hydrogen-bond acceptors (Lipinski definition) is 4. The molecule has 4 N–H and O–H groups in total. The molecular formula is C7H9BN2O3S. The van der Waals surface area contributed by atoms with Gasteiger partial charge in [-0.25, -0.2) is 0 Å². The Kier molecular flexibility index (Phi) is 2.72. The molecule has 74 valence electrons. The molecule has 2 radical (unpaired) electrons. The zero-order valence-corrected chi connectivity index (χ0v) is 8.30. The van der Waals surface area contributed by atoms with Crippen molar-refractivity contribution < 1.29 is 13.0 Å². The lowest BCUT2D eigenvalue weighted by molar-refractivity contribution is 0.483. The summed E-state index contributed by atoms with van der Waals surface area (Å²) in [5.74, 6) is 0. The van der Waals surface area contributed by atoms with Gasteiger partial charge in [0, 0.05) is 5.69 Å². The highest BCUT2D eigenvalue weighted by Crippen LogP contribution is 2.25. The van der Waals surface area contributed by atoms with Crippen LogP contribution in [0.25, 0.3) is 0 Å². The number of aryl methyl sites for hydroxylation is 1. The van der Waals surface area contributed by atoms with Crippen LogP contribution in [0.1, 0.15) is 5.56 Å². The molecule has 0 aromatic heterocycles. The van der Waals surface area contributed by atoms with Crippen LogP contribution in [0.5, 0.6) is 0 Å². The minimum atomic E-state index is -4.27. The zero-order valence-electron chi connectivity index (χ0n) is 7.48. The quantitative estimate of drug-likeness (QED) is 0.373. The molecule has 7 heteroatoms. The number of hydrogen-bond donors (Lipinski definition) is 3. The first-order chi connectivity index (χ1) is 6.36. The Hall–Kier alpha value is -1.21. The number of nitrogen functional groups attached to an aromatic ring is 1. The Balaban J connectivity index is 3.44. The second-order valence-electron chi connectivity index (χ2n) is 2.82. The largest absolute Gasteiger partial charge is 0.437 e. The van der Waals surface area contributed by atoms with Gasteiger partial charge in [-0.1, -0.05) is 0 Å². The third-order valence-electron chi connectivity index (χ3n) is 1.79. The van der Waals surface area contributed by atoms with Crippen molar-refractivity contribution in [2.75, 3.05) is 11.0 Å². The highest BCUT2D eigenvalue weighted by atomic mass is 32.2. The monoisotopic (exact) mass is 212 g/mol. The SMILES string of the molecule is [B]Nc1cc(N)c(S(=O)(=O)O)cc1C.